The molecule has 0 saturated carbocycles. The number of ether oxygens (including phenoxy) is 1. The molecule has 10 heteroatoms. The van der Waals surface area contributed by atoms with Gasteiger partial charge in [0.15, 0.2) is 0 Å². The first kappa shape index (κ1) is 18.9. The molecule has 1 aromatic heterocycles. The highest BCUT2D eigenvalue weighted by molar-refractivity contribution is 7.15. The summed E-state index contributed by atoms with van der Waals surface area (Å²) in [5.74, 6) is -0.617. The summed E-state index contributed by atoms with van der Waals surface area (Å²) in [4.78, 5) is 37.7. The molecule has 1 atom stereocenters. The predicted molar refractivity (Wildman–Crippen MR) is 97.8 cm³/mol. The fourth-order valence-corrected chi connectivity index (χ4v) is 3.36. The molecule has 1 fully saturated rings. The first-order chi connectivity index (χ1) is 13.1. The van der Waals surface area contributed by atoms with Gasteiger partial charge < -0.3 is 15.4 Å². The first-order valence-corrected chi connectivity index (χ1v) is 9.15. The molecule has 3 rings (SSSR count). The molecule has 0 bridgehead atoms. The number of imide groups is 1. The van der Waals surface area contributed by atoms with Gasteiger partial charge in [-0.2, -0.15) is 0 Å². The average molecular weight is 389 g/mol. The minimum Gasteiger partial charge on any atom is -0.377 e. The van der Waals surface area contributed by atoms with Crippen LogP contribution in [0.3, 0.4) is 0 Å². The van der Waals surface area contributed by atoms with E-state index in [0.717, 1.165) is 5.56 Å². The van der Waals surface area contributed by atoms with Gasteiger partial charge in [0.2, 0.25) is 11.0 Å². The molecule has 0 aliphatic carbocycles. The standard InChI is InChI=1S/C17H19N5O4S/c1-26-10-14-20-21-16(27-14)19-13(23)8-7-12-15(24)22(17(25)18-12)9-11-5-3-2-4-6-11/h2-6,12H,7-10H2,1H3,(H,18,25)(H,19,21,23)/t12-/m0/s1. The van der Waals surface area contributed by atoms with E-state index in [1.165, 1.54) is 16.2 Å². The van der Waals surface area contributed by atoms with Crippen molar-refractivity contribution in [1.29, 1.82) is 0 Å². The number of amides is 4. The molecule has 0 spiro atoms. The lowest BCUT2D eigenvalue weighted by atomic mass is 10.1. The lowest BCUT2D eigenvalue weighted by molar-refractivity contribution is -0.128. The molecule has 0 unspecified atom stereocenters. The third-order valence-electron chi connectivity index (χ3n) is 3.93. The molecule has 2 heterocycles. The van der Waals surface area contributed by atoms with Crippen molar-refractivity contribution < 1.29 is 19.1 Å². The number of urea groups is 1. The summed E-state index contributed by atoms with van der Waals surface area (Å²) in [6.07, 6.45) is 0.292. The molecule has 1 aromatic carbocycles. The van der Waals surface area contributed by atoms with Gasteiger partial charge in [0, 0.05) is 13.5 Å². The highest BCUT2D eigenvalue weighted by Gasteiger charge is 2.37. The van der Waals surface area contributed by atoms with Crippen molar-refractivity contribution in [3.8, 4) is 0 Å². The second kappa shape index (κ2) is 8.69. The van der Waals surface area contributed by atoms with Crippen molar-refractivity contribution in [2.45, 2.75) is 32.0 Å². The Morgan fingerprint density at radius 2 is 2.07 bits per heavy atom. The predicted octanol–water partition coefficient (Wildman–Crippen LogP) is 1.52. The molecule has 1 aliphatic rings. The van der Waals surface area contributed by atoms with Crippen LogP contribution in [-0.2, 0) is 27.5 Å². The monoisotopic (exact) mass is 389 g/mol. The van der Waals surface area contributed by atoms with E-state index in [4.69, 9.17) is 4.74 Å². The SMILES string of the molecule is COCc1nnc(NC(=O)CC[C@@H]2NC(=O)N(Cc3ccccc3)C2=O)s1. The van der Waals surface area contributed by atoms with Gasteiger partial charge in [-0.1, -0.05) is 41.7 Å². The quantitative estimate of drug-likeness (QED) is 0.662. The fourth-order valence-electron chi connectivity index (χ4n) is 2.63. The van der Waals surface area contributed by atoms with E-state index in [1.807, 2.05) is 30.3 Å². The van der Waals surface area contributed by atoms with Crippen LogP contribution >= 0.6 is 11.3 Å². The number of hydrogen-bond donors (Lipinski definition) is 2. The van der Waals surface area contributed by atoms with Gasteiger partial charge in [0.1, 0.15) is 17.7 Å². The number of hydrogen-bond acceptors (Lipinski definition) is 7. The molecule has 1 aliphatic heterocycles. The summed E-state index contributed by atoms with van der Waals surface area (Å²) < 4.78 is 4.95. The Labute approximate surface area is 159 Å². The van der Waals surface area contributed by atoms with Crippen molar-refractivity contribution in [3.05, 3.63) is 40.9 Å². The second-order valence-corrected chi connectivity index (χ2v) is 6.99. The highest BCUT2D eigenvalue weighted by atomic mass is 32.1. The van der Waals surface area contributed by atoms with Crippen LogP contribution in [0.5, 0.6) is 0 Å². The van der Waals surface area contributed by atoms with Crippen molar-refractivity contribution in [3.63, 3.8) is 0 Å². The van der Waals surface area contributed by atoms with Crippen LogP contribution in [0.4, 0.5) is 9.93 Å². The summed E-state index contributed by atoms with van der Waals surface area (Å²) in [6.45, 7) is 0.536. The molecule has 1 saturated heterocycles. The van der Waals surface area contributed by atoms with E-state index >= 15 is 0 Å². The van der Waals surface area contributed by atoms with Crippen LogP contribution < -0.4 is 10.6 Å². The third kappa shape index (κ3) is 4.86. The Bertz CT molecular complexity index is 826. The van der Waals surface area contributed by atoms with Gasteiger partial charge in [0.25, 0.3) is 5.91 Å². The molecular weight excluding hydrogens is 370 g/mol. The maximum absolute atomic E-state index is 12.4. The summed E-state index contributed by atoms with van der Waals surface area (Å²) >= 11 is 1.22. The van der Waals surface area contributed by atoms with Crippen LogP contribution in [0, 0.1) is 0 Å². The number of rotatable bonds is 8. The third-order valence-corrected chi connectivity index (χ3v) is 4.74. The van der Waals surface area contributed by atoms with Gasteiger partial charge in [-0.3, -0.25) is 14.5 Å². The van der Waals surface area contributed by atoms with Gasteiger partial charge in [-0.05, 0) is 12.0 Å². The van der Waals surface area contributed by atoms with Crippen molar-refractivity contribution >= 4 is 34.3 Å². The number of carbonyl (C=O) groups is 3. The maximum Gasteiger partial charge on any atom is 0.325 e. The number of carbonyl (C=O) groups excluding carboxylic acids is 3. The van der Waals surface area contributed by atoms with E-state index in [2.05, 4.69) is 20.8 Å². The molecule has 0 radical (unpaired) electrons. The zero-order valence-corrected chi connectivity index (χ0v) is 15.5. The minimum atomic E-state index is -0.703. The van der Waals surface area contributed by atoms with Crippen molar-refractivity contribution in [1.82, 2.24) is 20.4 Å². The number of anilines is 1. The maximum atomic E-state index is 12.4. The molecule has 9 nitrogen and oxygen atoms in total. The van der Waals surface area contributed by atoms with Crippen LogP contribution in [0.1, 0.15) is 23.4 Å². The van der Waals surface area contributed by atoms with E-state index in [9.17, 15) is 14.4 Å². The summed E-state index contributed by atoms with van der Waals surface area (Å²) in [7, 11) is 1.55. The summed E-state index contributed by atoms with van der Waals surface area (Å²) in [5, 5.41) is 14.0. The van der Waals surface area contributed by atoms with Crippen LogP contribution in [0.15, 0.2) is 30.3 Å². The normalized spacial score (nSPS) is 16.5. The number of methoxy groups -OCH3 is 1. The molecule has 2 aromatic rings. The molecule has 142 valence electrons. The fraction of sp³-hybridized carbons (Fsp3) is 0.353. The lowest BCUT2D eigenvalue weighted by Gasteiger charge is -2.12. The van der Waals surface area contributed by atoms with Gasteiger partial charge in [-0.25, -0.2) is 4.79 Å². The van der Waals surface area contributed by atoms with E-state index in [0.29, 0.717) is 16.7 Å². The average Bonchev–Trinajstić information content (AvgIpc) is 3.20. The Balaban J connectivity index is 1.49. The largest absolute Gasteiger partial charge is 0.377 e. The number of nitrogens with one attached hydrogen (secondary N) is 2. The van der Waals surface area contributed by atoms with Crippen LogP contribution in [0.2, 0.25) is 0 Å². The van der Waals surface area contributed by atoms with Gasteiger partial charge in [0.05, 0.1) is 6.54 Å². The number of benzene rings is 1. The Kier molecular flexibility index (Phi) is 6.09. The van der Waals surface area contributed by atoms with Crippen LogP contribution in [-0.4, -0.2) is 46.1 Å². The zero-order chi connectivity index (χ0) is 19.2. The van der Waals surface area contributed by atoms with E-state index in [1.54, 1.807) is 7.11 Å². The first-order valence-electron chi connectivity index (χ1n) is 8.34. The summed E-state index contributed by atoms with van der Waals surface area (Å²) in [5.41, 5.74) is 0.863. The van der Waals surface area contributed by atoms with Gasteiger partial charge >= 0.3 is 6.03 Å². The number of aromatic nitrogens is 2. The summed E-state index contributed by atoms with van der Waals surface area (Å²) in [6, 6.07) is 8.12. The van der Waals surface area contributed by atoms with Crippen molar-refractivity contribution in [2.24, 2.45) is 0 Å². The Morgan fingerprint density at radius 3 is 2.81 bits per heavy atom. The molecule has 4 amide bonds. The zero-order valence-electron chi connectivity index (χ0n) is 14.7. The second-order valence-electron chi connectivity index (χ2n) is 5.93. The molecule has 2 N–H and O–H groups in total. The Hall–Kier alpha value is -2.85. The minimum absolute atomic E-state index is 0.0784. The topological polar surface area (TPSA) is 114 Å². The van der Waals surface area contributed by atoms with Crippen molar-refractivity contribution in [2.75, 3.05) is 12.4 Å². The van der Waals surface area contributed by atoms with Gasteiger partial charge in [-0.15, -0.1) is 10.2 Å². The molecular formula is C17H19N5O4S. The lowest BCUT2D eigenvalue weighted by Crippen LogP contribution is -2.31. The molecule has 27 heavy (non-hydrogen) atoms. The van der Waals surface area contributed by atoms with E-state index in [-0.39, 0.29) is 31.2 Å². The van der Waals surface area contributed by atoms with E-state index < -0.39 is 12.1 Å². The smallest absolute Gasteiger partial charge is 0.325 e. The Morgan fingerprint density at radius 1 is 1.30 bits per heavy atom. The van der Waals surface area contributed by atoms with Crippen LogP contribution in [0.25, 0.3) is 0 Å². The highest BCUT2D eigenvalue weighted by Crippen LogP contribution is 2.18. The number of nitrogens with zero attached hydrogens (tertiary/aromatic N) is 3.